The second kappa shape index (κ2) is 10.0. The molecular formula is C15H30ClN3O2. The number of rotatable bonds is 6. The summed E-state index contributed by atoms with van der Waals surface area (Å²) < 4.78 is 0. The zero-order valence-corrected chi connectivity index (χ0v) is 14.2. The molecule has 2 atom stereocenters. The Bertz CT molecular complexity index is 317. The van der Waals surface area contributed by atoms with Gasteiger partial charge >= 0.3 is 0 Å². The van der Waals surface area contributed by atoms with Crippen molar-refractivity contribution in [3.05, 3.63) is 0 Å². The minimum absolute atomic E-state index is 0. The molecule has 6 heteroatoms. The fourth-order valence-electron chi connectivity index (χ4n) is 2.59. The Morgan fingerprint density at radius 3 is 2.33 bits per heavy atom. The minimum atomic E-state index is -0.121. The quantitative estimate of drug-likeness (QED) is 0.782. The number of nitrogens with zero attached hydrogens (tertiary/aromatic N) is 1. The molecule has 0 heterocycles. The van der Waals surface area contributed by atoms with Crippen molar-refractivity contribution in [1.82, 2.24) is 10.2 Å². The van der Waals surface area contributed by atoms with Gasteiger partial charge in [-0.05, 0) is 26.7 Å². The Labute approximate surface area is 134 Å². The van der Waals surface area contributed by atoms with Crippen LogP contribution >= 0.6 is 12.4 Å². The van der Waals surface area contributed by atoms with Crippen LogP contribution in [0.15, 0.2) is 0 Å². The molecule has 0 aromatic carbocycles. The lowest BCUT2D eigenvalue weighted by Gasteiger charge is -2.26. The summed E-state index contributed by atoms with van der Waals surface area (Å²) >= 11 is 0. The summed E-state index contributed by atoms with van der Waals surface area (Å²) in [6, 6.07) is -0.0897. The Kier molecular flexibility index (Phi) is 9.62. The van der Waals surface area contributed by atoms with Crippen molar-refractivity contribution in [3.63, 3.8) is 0 Å². The van der Waals surface area contributed by atoms with Gasteiger partial charge in [0.25, 0.3) is 0 Å². The maximum Gasteiger partial charge on any atom is 0.224 e. The Morgan fingerprint density at radius 2 is 1.81 bits per heavy atom. The van der Waals surface area contributed by atoms with E-state index in [1.165, 1.54) is 6.42 Å². The van der Waals surface area contributed by atoms with Crippen molar-refractivity contribution in [2.75, 3.05) is 13.6 Å². The van der Waals surface area contributed by atoms with Crippen LogP contribution in [0.25, 0.3) is 0 Å². The molecule has 5 nitrogen and oxygen atoms in total. The van der Waals surface area contributed by atoms with Gasteiger partial charge in [-0.2, -0.15) is 0 Å². The van der Waals surface area contributed by atoms with Crippen LogP contribution in [0.5, 0.6) is 0 Å². The van der Waals surface area contributed by atoms with E-state index in [1.54, 1.807) is 11.9 Å². The average Bonchev–Trinajstić information content (AvgIpc) is 2.46. The van der Waals surface area contributed by atoms with E-state index < -0.39 is 0 Å². The summed E-state index contributed by atoms with van der Waals surface area (Å²) in [6.07, 6.45) is 5.82. The maximum absolute atomic E-state index is 12.1. The largest absolute Gasteiger partial charge is 0.353 e. The number of nitrogens with two attached hydrogens (primary N) is 1. The molecule has 0 radical (unpaired) electrons. The topological polar surface area (TPSA) is 75.4 Å². The van der Waals surface area contributed by atoms with Crippen LogP contribution in [0.2, 0.25) is 0 Å². The summed E-state index contributed by atoms with van der Waals surface area (Å²) in [5, 5.41) is 2.97. The fourth-order valence-corrected chi connectivity index (χ4v) is 2.59. The van der Waals surface area contributed by atoms with Gasteiger partial charge in [0.1, 0.15) is 0 Å². The molecular weight excluding hydrogens is 290 g/mol. The van der Waals surface area contributed by atoms with E-state index in [0.29, 0.717) is 13.0 Å². The van der Waals surface area contributed by atoms with E-state index in [4.69, 9.17) is 5.73 Å². The van der Waals surface area contributed by atoms with Crippen LogP contribution in [-0.4, -0.2) is 42.4 Å². The first kappa shape index (κ1) is 20.2. The van der Waals surface area contributed by atoms with Gasteiger partial charge in [-0.3, -0.25) is 9.59 Å². The van der Waals surface area contributed by atoms with E-state index in [2.05, 4.69) is 5.32 Å². The number of amides is 2. The number of hydrogen-bond donors (Lipinski definition) is 2. The van der Waals surface area contributed by atoms with Gasteiger partial charge in [0.15, 0.2) is 0 Å². The van der Waals surface area contributed by atoms with E-state index >= 15 is 0 Å². The van der Waals surface area contributed by atoms with Crippen molar-refractivity contribution in [1.29, 1.82) is 0 Å². The van der Waals surface area contributed by atoms with E-state index in [9.17, 15) is 9.59 Å². The minimum Gasteiger partial charge on any atom is -0.353 e. The van der Waals surface area contributed by atoms with E-state index in [0.717, 1.165) is 25.7 Å². The van der Waals surface area contributed by atoms with Crippen LogP contribution in [-0.2, 0) is 9.59 Å². The monoisotopic (exact) mass is 319 g/mol. The van der Waals surface area contributed by atoms with Gasteiger partial charge in [-0.1, -0.05) is 19.3 Å². The van der Waals surface area contributed by atoms with Gasteiger partial charge in [0, 0.05) is 38.0 Å². The molecule has 2 unspecified atom stereocenters. The molecule has 0 spiro atoms. The Balaban J connectivity index is 0.00000400. The van der Waals surface area contributed by atoms with Crippen molar-refractivity contribution in [2.45, 2.75) is 64.5 Å². The molecule has 2 amide bonds. The number of carbonyl (C=O) groups excluding carboxylic acids is 2. The Hall–Kier alpha value is -0.810. The molecule has 1 aliphatic rings. The second-order valence-electron chi connectivity index (χ2n) is 6.04. The highest BCUT2D eigenvalue weighted by atomic mass is 35.5. The van der Waals surface area contributed by atoms with Crippen molar-refractivity contribution >= 4 is 24.2 Å². The standard InChI is InChI=1S/C15H29N3O2.ClH/c1-11(9-14(19)18(3)12(2)10-16)17-15(20)13-7-5-4-6-8-13;/h11-13H,4-10,16H2,1-3H3,(H,17,20);1H. The second-order valence-corrected chi connectivity index (χ2v) is 6.04. The molecule has 1 aliphatic carbocycles. The van der Waals surface area contributed by atoms with Crippen LogP contribution in [0, 0.1) is 5.92 Å². The van der Waals surface area contributed by atoms with Crippen LogP contribution in [0.1, 0.15) is 52.4 Å². The number of likely N-dealkylation sites (N-methyl/N-ethyl adjacent to an activating group) is 1. The first-order chi connectivity index (χ1) is 9.45. The molecule has 124 valence electrons. The first-order valence-electron chi connectivity index (χ1n) is 7.71. The summed E-state index contributed by atoms with van der Waals surface area (Å²) in [4.78, 5) is 25.8. The summed E-state index contributed by atoms with van der Waals surface area (Å²) in [6.45, 7) is 4.26. The lowest BCUT2D eigenvalue weighted by atomic mass is 9.88. The van der Waals surface area contributed by atoms with Gasteiger partial charge < -0.3 is 16.0 Å². The number of halogens is 1. The first-order valence-corrected chi connectivity index (χ1v) is 7.71. The summed E-state index contributed by atoms with van der Waals surface area (Å²) in [5.74, 6) is 0.279. The zero-order chi connectivity index (χ0) is 15.1. The Morgan fingerprint density at radius 1 is 1.24 bits per heavy atom. The third-order valence-electron chi connectivity index (χ3n) is 4.24. The predicted molar refractivity (Wildman–Crippen MR) is 87.3 cm³/mol. The van der Waals surface area contributed by atoms with Gasteiger partial charge in [0.2, 0.25) is 11.8 Å². The third-order valence-corrected chi connectivity index (χ3v) is 4.24. The molecule has 1 rings (SSSR count). The third kappa shape index (κ3) is 6.66. The number of carbonyl (C=O) groups is 2. The van der Waals surface area contributed by atoms with Crippen molar-refractivity contribution in [2.24, 2.45) is 11.7 Å². The van der Waals surface area contributed by atoms with Gasteiger partial charge in [0.05, 0.1) is 0 Å². The highest BCUT2D eigenvalue weighted by Crippen LogP contribution is 2.23. The van der Waals surface area contributed by atoms with Crippen LogP contribution < -0.4 is 11.1 Å². The molecule has 0 saturated heterocycles. The van der Waals surface area contributed by atoms with E-state index in [-0.39, 0.29) is 42.2 Å². The number of nitrogens with one attached hydrogen (secondary N) is 1. The average molecular weight is 320 g/mol. The zero-order valence-electron chi connectivity index (χ0n) is 13.4. The normalized spacial score (nSPS) is 18.3. The maximum atomic E-state index is 12.1. The summed E-state index contributed by atoms with van der Waals surface area (Å²) in [7, 11) is 1.76. The van der Waals surface area contributed by atoms with Gasteiger partial charge in [-0.25, -0.2) is 0 Å². The van der Waals surface area contributed by atoms with Crippen molar-refractivity contribution < 1.29 is 9.59 Å². The molecule has 0 aromatic rings. The molecule has 3 N–H and O–H groups in total. The van der Waals surface area contributed by atoms with E-state index in [1.807, 2.05) is 13.8 Å². The highest BCUT2D eigenvalue weighted by Gasteiger charge is 2.24. The molecule has 1 saturated carbocycles. The molecule has 21 heavy (non-hydrogen) atoms. The van der Waals surface area contributed by atoms with Crippen LogP contribution in [0.3, 0.4) is 0 Å². The molecule has 0 bridgehead atoms. The fraction of sp³-hybridized carbons (Fsp3) is 0.867. The van der Waals surface area contributed by atoms with Crippen molar-refractivity contribution in [3.8, 4) is 0 Å². The van der Waals surface area contributed by atoms with Gasteiger partial charge in [-0.15, -0.1) is 12.4 Å². The number of hydrogen-bond acceptors (Lipinski definition) is 3. The smallest absolute Gasteiger partial charge is 0.224 e. The predicted octanol–water partition coefficient (Wildman–Crippen LogP) is 1.69. The highest BCUT2D eigenvalue weighted by molar-refractivity contribution is 5.85. The lowest BCUT2D eigenvalue weighted by molar-refractivity contribution is -0.132. The SMILES string of the molecule is CC(CC(=O)N(C)C(C)CN)NC(=O)C1CCCCC1.Cl. The molecule has 0 aliphatic heterocycles. The molecule has 1 fully saturated rings. The lowest BCUT2D eigenvalue weighted by Crippen LogP contribution is -2.44. The summed E-state index contributed by atoms with van der Waals surface area (Å²) in [5.41, 5.74) is 5.56. The van der Waals surface area contributed by atoms with Crippen LogP contribution in [0.4, 0.5) is 0 Å². The molecule has 0 aromatic heterocycles.